The Balaban J connectivity index is 2.54. The summed E-state index contributed by atoms with van der Waals surface area (Å²) in [6.45, 7) is 0. The van der Waals surface area contributed by atoms with Crippen LogP contribution < -0.4 is 0 Å². The van der Waals surface area contributed by atoms with Gasteiger partial charge in [0.15, 0.2) is 0 Å². The molecule has 0 heterocycles. The van der Waals surface area contributed by atoms with Crippen molar-refractivity contribution in [3.8, 4) is 0 Å². The van der Waals surface area contributed by atoms with E-state index in [-0.39, 0.29) is 0 Å². The molecule has 0 aliphatic heterocycles. The number of benzene rings is 2. The summed E-state index contributed by atoms with van der Waals surface area (Å²) in [6.07, 6.45) is 0. The van der Waals surface area contributed by atoms with E-state index >= 15 is 0 Å². The standard InChI is InChI=1S/C15H15BrO/c1-17-15(12-16,13-8-4-2-5-9-13)14-10-6-3-7-11-14/h2-11H,12H2,1H3. The summed E-state index contributed by atoms with van der Waals surface area (Å²) in [5.74, 6) is 0. The topological polar surface area (TPSA) is 9.23 Å². The van der Waals surface area contributed by atoms with E-state index in [1.165, 1.54) is 0 Å². The first-order valence-corrected chi connectivity index (χ1v) is 6.68. The number of rotatable bonds is 4. The molecular weight excluding hydrogens is 276 g/mol. The van der Waals surface area contributed by atoms with Gasteiger partial charge in [0.2, 0.25) is 0 Å². The highest BCUT2D eigenvalue weighted by Crippen LogP contribution is 2.34. The molecule has 2 heteroatoms. The SMILES string of the molecule is COC(CBr)(c1ccccc1)c1ccccc1. The van der Waals surface area contributed by atoms with Crippen molar-refractivity contribution in [3.05, 3.63) is 71.8 Å². The van der Waals surface area contributed by atoms with Crippen LogP contribution in [-0.4, -0.2) is 12.4 Å². The Morgan fingerprint density at radius 1 is 0.882 bits per heavy atom. The van der Waals surface area contributed by atoms with Crippen LogP contribution in [0.4, 0.5) is 0 Å². The summed E-state index contributed by atoms with van der Waals surface area (Å²) < 4.78 is 5.81. The van der Waals surface area contributed by atoms with E-state index in [0.29, 0.717) is 0 Å². The second kappa shape index (κ2) is 5.48. The Kier molecular flexibility index (Phi) is 3.97. The second-order valence-corrected chi connectivity index (χ2v) is 4.46. The number of halogens is 1. The Morgan fingerprint density at radius 2 is 1.29 bits per heavy atom. The third kappa shape index (κ3) is 2.28. The van der Waals surface area contributed by atoms with Crippen LogP contribution in [0, 0.1) is 0 Å². The molecule has 0 unspecified atom stereocenters. The predicted octanol–water partition coefficient (Wildman–Crippen LogP) is 3.97. The minimum absolute atomic E-state index is 0.414. The van der Waals surface area contributed by atoms with Crippen molar-refractivity contribution in [1.29, 1.82) is 0 Å². The maximum absolute atomic E-state index is 5.81. The number of ether oxygens (including phenoxy) is 1. The summed E-state index contributed by atoms with van der Waals surface area (Å²) in [5.41, 5.74) is 1.90. The lowest BCUT2D eigenvalue weighted by atomic mass is 9.88. The van der Waals surface area contributed by atoms with Crippen molar-refractivity contribution in [3.63, 3.8) is 0 Å². The Labute approximate surface area is 111 Å². The molecule has 88 valence electrons. The van der Waals surface area contributed by atoms with Gasteiger partial charge < -0.3 is 4.74 Å². The van der Waals surface area contributed by atoms with Crippen molar-refractivity contribution in [2.75, 3.05) is 12.4 Å². The zero-order valence-electron chi connectivity index (χ0n) is 9.77. The molecule has 0 spiro atoms. The second-order valence-electron chi connectivity index (χ2n) is 3.90. The Bertz CT molecular complexity index is 407. The van der Waals surface area contributed by atoms with Gasteiger partial charge in [-0.25, -0.2) is 0 Å². The van der Waals surface area contributed by atoms with E-state index in [4.69, 9.17) is 4.74 Å². The van der Waals surface area contributed by atoms with E-state index in [0.717, 1.165) is 16.5 Å². The molecule has 0 saturated heterocycles. The molecule has 0 N–H and O–H groups in total. The minimum Gasteiger partial charge on any atom is -0.368 e. The zero-order valence-corrected chi connectivity index (χ0v) is 11.4. The highest BCUT2D eigenvalue weighted by atomic mass is 79.9. The molecule has 17 heavy (non-hydrogen) atoms. The summed E-state index contributed by atoms with van der Waals surface area (Å²) in [4.78, 5) is 0. The van der Waals surface area contributed by atoms with Gasteiger partial charge in [0, 0.05) is 12.4 Å². The molecule has 0 aliphatic carbocycles. The molecule has 2 rings (SSSR count). The molecule has 0 fully saturated rings. The number of methoxy groups -OCH3 is 1. The molecule has 0 saturated carbocycles. The molecule has 0 radical (unpaired) electrons. The highest BCUT2D eigenvalue weighted by molar-refractivity contribution is 9.09. The maximum Gasteiger partial charge on any atom is 0.127 e. The third-order valence-electron chi connectivity index (χ3n) is 3.02. The molecular formula is C15H15BrO. The van der Waals surface area contributed by atoms with Crippen LogP contribution in [0.15, 0.2) is 60.7 Å². The number of hydrogen-bond donors (Lipinski definition) is 0. The first kappa shape index (κ1) is 12.3. The van der Waals surface area contributed by atoms with Crippen molar-refractivity contribution >= 4 is 15.9 Å². The Hall–Kier alpha value is -1.12. The van der Waals surface area contributed by atoms with Crippen molar-refractivity contribution < 1.29 is 4.74 Å². The van der Waals surface area contributed by atoms with Gasteiger partial charge in [0.05, 0.1) is 0 Å². The first-order valence-electron chi connectivity index (χ1n) is 5.55. The van der Waals surface area contributed by atoms with Crippen LogP contribution in [0.2, 0.25) is 0 Å². The van der Waals surface area contributed by atoms with Gasteiger partial charge in [-0.2, -0.15) is 0 Å². The van der Waals surface area contributed by atoms with Gasteiger partial charge in [0.1, 0.15) is 5.60 Å². The van der Waals surface area contributed by atoms with Crippen LogP contribution in [0.1, 0.15) is 11.1 Å². The van der Waals surface area contributed by atoms with Gasteiger partial charge in [0.25, 0.3) is 0 Å². The highest BCUT2D eigenvalue weighted by Gasteiger charge is 2.32. The normalized spacial score (nSPS) is 11.4. The average Bonchev–Trinajstić information content (AvgIpc) is 2.43. The first-order chi connectivity index (χ1) is 8.33. The van der Waals surface area contributed by atoms with E-state index in [9.17, 15) is 0 Å². The van der Waals surface area contributed by atoms with E-state index < -0.39 is 5.60 Å². The predicted molar refractivity (Wildman–Crippen MR) is 74.5 cm³/mol. The third-order valence-corrected chi connectivity index (χ3v) is 3.81. The van der Waals surface area contributed by atoms with Gasteiger partial charge in [-0.3, -0.25) is 0 Å². The zero-order chi connectivity index (χ0) is 12.1. The van der Waals surface area contributed by atoms with Crippen LogP contribution in [-0.2, 0) is 10.3 Å². The fraction of sp³-hybridized carbons (Fsp3) is 0.200. The molecule has 2 aromatic carbocycles. The average molecular weight is 291 g/mol. The lowest BCUT2D eigenvalue weighted by molar-refractivity contribution is 0.0446. The summed E-state index contributed by atoms with van der Waals surface area (Å²) in [7, 11) is 1.75. The van der Waals surface area contributed by atoms with Crippen LogP contribution in [0.25, 0.3) is 0 Å². The van der Waals surface area contributed by atoms with Gasteiger partial charge in [-0.1, -0.05) is 76.6 Å². The monoisotopic (exact) mass is 290 g/mol. The maximum atomic E-state index is 5.81. The van der Waals surface area contributed by atoms with E-state index in [2.05, 4.69) is 40.2 Å². The van der Waals surface area contributed by atoms with Gasteiger partial charge in [-0.15, -0.1) is 0 Å². The quantitative estimate of drug-likeness (QED) is 0.774. The fourth-order valence-corrected chi connectivity index (χ4v) is 2.90. The fourth-order valence-electron chi connectivity index (χ4n) is 2.03. The summed E-state index contributed by atoms with van der Waals surface area (Å²) >= 11 is 3.58. The molecule has 1 nitrogen and oxygen atoms in total. The molecule has 2 aromatic rings. The van der Waals surface area contributed by atoms with Gasteiger partial charge >= 0.3 is 0 Å². The molecule has 0 aliphatic rings. The number of alkyl halides is 1. The van der Waals surface area contributed by atoms with Crippen molar-refractivity contribution in [2.45, 2.75) is 5.60 Å². The lowest BCUT2D eigenvalue weighted by Gasteiger charge is -2.31. The van der Waals surface area contributed by atoms with Gasteiger partial charge in [-0.05, 0) is 11.1 Å². The molecule has 0 aromatic heterocycles. The van der Waals surface area contributed by atoms with Crippen LogP contribution >= 0.6 is 15.9 Å². The Morgan fingerprint density at radius 3 is 1.59 bits per heavy atom. The molecule has 0 bridgehead atoms. The van der Waals surface area contributed by atoms with Crippen LogP contribution in [0.5, 0.6) is 0 Å². The van der Waals surface area contributed by atoms with Crippen molar-refractivity contribution in [1.82, 2.24) is 0 Å². The summed E-state index contributed by atoms with van der Waals surface area (Å²) in [5, 5.41) is 0.727. The van der Waals surface area contributed by atoms with Crippen LogP contribution in [0.3, 0.4) is 0 Å². The van der Waals surface area contributed by atoms with Crippen molar-refractivity contribution in [2.24, 2.45) is 0 Å². The number of hydrogen-bond acceptors (Lipinski definition) is 1. The smallest absolute Gasteiger partial charge is 0.127 e. The molecule has 0 amide bonds. The molecule has 0 atom stereocenters. The largest absolute Gasteiger partial charge is 0.368 e. The minimum atomic E-state index is -0.414. The van der Waals surface area contributed by atoms with E-state index in [1.807, 2.05) is 36.4 Å². The summed E-state index contributed by atoms with van der Waals surface area (Å²) in [6, 6.07) is 20.6. The van der Waals surface area contributed by atoms with E-state index in [1.54, 1.807) is 7.11 Å². The lowest BCUT2D eigenvalue weighted by Crippen LogP contribution is -2.31.